The first-order chi connectivity index (χ1) is 15.5. The van der Waals surface area contributed by atoms with Crippen molar-refractivity contribution in [2.24, 2.45) is 0 Å². The predicted molar refractivity (Wildman–Crippen MR) is 120 cm³/mol. The number of carbonyl (C=O) groups excluding carboxylic acids is 3. The number of piperidine rings is 1. The number of esters is 2. The Hall–Kier alpha value is -2.99. The zero-order valence-corrected chi connectivity index (χ0v) is 20.0. The van der Waals surface area contributed by atoms with E-state index in [0.717, 1.165) is 30.7 Å². The summed E-state index contributed by atoms with van der Waals surface area (Å²) < 4.78 is 10.2. The highest BCUT2D eigenvalue weighted by Crippen LogP contribution is 2.34. The lowest BCUT2D eigenvalue weighted by atomic mass is 10.0. The molecule has 1 aliphatic rings. The number of carboxylic acids is 2. The largest absolute Gasteiger partial charge is 0.473 e. The van der Waals surface area contributed by atoms with Gasteiger partial charge in [-0.25, -0.2) is 19.2 Å². The van der Waals surface area contributed by atoms with Gasteiger partial charge in [-0.2, -0.15) is 0 Å². The SMILES string of the molecule is CCOC(=O)c1sc(NC(=O)CN2CCCCC2C)c(C(=O)OCC)c1C.O=C(O)C(=O)O. The number of carboxylic acid groups (broad SMARTS) is 2. The van der Waals surface area contributed by atoms with E-state index in [1.165, 1.54) is 6.42 Å². The van der Waals surface area contributed by atoms with Crippen molar-refractivity contribution in [3.63, 3.8) is 0 Å². The number of hydrogen-bond acceptors (Lipinski definition) is 9. The highest BCUT2D eigenvalue weighted by atomic mass is 32.1. The number of ether oxygens (including phenoxy) is 2. The Balaban J connectivity index is 0.000000801. The van der Waals surface area contributed by atoms with Crippen molar-refractivity contribution in [1.82, 2.24) is 4.90 Å². The van der Waals surface area contributed by atoms with Crippen molar-refractivity contribution in [3.05, 3.63) is 16.0 Å². The molecule has 1 aromatic heterocycles. The lowest BCUT2D eigenvalue weighted by Gasteiger charge is -2.32. The molecule has 12 heteroatoms. The zero-order chi connectivity index (χ0) is 25.1. The number of amides is 1. The third-order valence-electron chi connectivity index (χ3n) is 4.81. The molecule has 0 saturated carbocycles. The zero-order valence-electron chi connectivity index (χ0n) is 19.1. The summed E-state index contributed by atoms with van der Waals surface area (Å²) in [5.41, 5.74) is 0.698. The summed E-state index contributed by atoms with van der Waals surface area (Å²) in [7, 11) is 0. The number of nitrogens with zero attached hydrogens (tertiary/aromatic N) is 1. The van der Waals surface area contributed by atoms with Crippen LogP contribution in [0.1, 0.15) is 65.6 Å². The molecule has 1 aliphatic heterocycles. The molecule has 0 radical (unpaired) electrons. The maximum Gasteiger partial charge on any atom is 0.414 e. The number of anilines is 1. The van der Waals surface area contributed by atoms with Crippen LogP contribution in [-0.2, 0) is 23.9 Å². The van der Waals surface area contributed by atoms with Gasteiger partial charge in [-0.05, 0) is 52.6 Å². The van der Waals surface area contributed by atoms with Gasteiger partial charge in [-0.3, -0.25) is 9.69 Å². The van der Waals surface area contributed by atoms with Crippen LogP contribution in [0.25, 0.3) is 0 Å². The van der Waals surface area contributed by atoms with Gasteiger partial charge in [0, 0.05) is 6.04 Å². The predicted octanol–water partition coefficient (Wildman–Crippen LogP) is 2.38. The van der Waals surface area contributed by atoms with Crippen LogP contribution < -0.4 is 5.32 Å². The van der Waals surface area contributed by atoms with E-state index in [4.69, 9.17) is 29.3 Å². The fourth-order valence-electron chi connectivity index (χ4n) is 3.19. The Morgan fingerprint density at radius 1 is 1.03 bits per heavy atom. The quantitative estimate of drug-likeness (QED) is 0.386. The minimum absolute atomic E-state index is 0.203. The molecule has 11 nitrogen and oxygen atoms in total. The topological polar surface area (TPSA) is 160 Å². The molecule has 3 N–H and O–H groups in total. The van der Waals surface area contributed by atoms with E-state index in [9.17, 15) is 14.4 Å². The number of rotatable bonds is 7. The summed E-state index contributed by atoms with van der Waals surface area (Å²) in [6, 6.07) is 0.356. The Bertz CT molecular complexity index is 869. The van der Waals surface area contributed by atoms with Gasteiger partial charge in [0.05, 0.1) is 25.3 Å². The second-order valence-corrected chi connectivity index (χ2v) is 8.20. The second kappa shape index (κ2) is 13.5. The molecule has 184 valence electrons. The second-order valence-electron chi connectivity index (χ2n) is 7.18. The van der Waals surface area contributed by atoms with Crippen molar-refractivity contribution < 1.29 is 43.7 Å². The minimum Gasteiger partial charge on any atom is -0.473 e. The van der Waals surface area contributed by atoms with Crippen LogP contribution in [0.4, 0.5) is 5.00 Å². The molecule has 1 fully saturated rings. The van der Waals surface area contributed by atoms with Crippen molar-refractivity contribution in [2.45, 2.75) is 53.0 Å². The van der Waals surface area contributed by atoms with Crippen LogP contribution in [0, 0.1) is 6.92 Å². The van der Waals surface area contributed by atoms with E-state index in [0.29, 0.717) is 21.5 Å². The van der Waals surface area contributed by atoms with Gasteiger partial charge in [-0.1, -0.05) is 6.42 Å². The van der Waals surface area contributed by atoms with Crippen LogP contribution in [0.3, 0.4) is 0 Å². The van der Waals surface area contributed by atoms with Gasteiger partial charge in [0.2, 0.25) is 5.91 Å². The van der Waals surface area contributed by atoms with E-state index < -0.39 is 23.9 Å². The first-order valence-electron chi connectivity index (χ1n) is 10.5. The van der Waals surface area contributed by atoms with Crippen LogP contribution >= 0.6 is 11.3 Å². The summed E-state index contributed by atoms with van der Waals surface area (Å²) in [4.78, 5) is 57.7. The van der Waals surface area contributed by atoms with Crippen molar-refractivity contribution >= 4 is 46.1 Å². The summed E-state index contributed by atoms with van der Waals surface area (Å²) in [5, 5.41) is 17.9. The number of aliphatic carboxylic acids is 2. The van der Waals surface area contributed by atoms with E-state index in [2.05, 4.69) is 17.1 Å². The highest BCUT2D eigenvalue weighted by molar-refractivity contribution is 7.18. The Morgan fingerprint density at radius 3 is 2.12 bits per heavy atom. The molecular formula is C21H30N2O9S. The van der Waals surface area contributed by atoms with Crippen LogP contribution in [0.15, 0.2) is 0 Å². The number of thiophene rings is 1. The average Bonchev–Trinajstić information content (AvgIpc) is 3.06. The fourth-order valence-corrected chi connectivity index (χ4v) is 4.29. The summed E-state index contributed by atoms with van der Waals surface area (Å²) in [5.74, 6) is -4.91. The van der Waals surface area contributed by atoms with Crippen molar-refractivity contribution in [1.29, 1.82) is 0 Å². The molecule has 1 unspecified atom stereocenters. The number of nitrogens with one attached hydrogen (secondary N) is 1. The van der Waals surface area contributed by atoms with Gasteiger partial charge in [0.25, 0.3) is 0 Å². The number of carbonyl (C=O) groups is 5. The smallest absolute Gasteiger partial charge is 0.414 e. The standard InChI is InChI=1S/C19H28N2O5S.C2H2O4/c1-5-25-18(23)15-13(4)16(19(24)26-6-2)27-17(15)20-14(22)11-21-10-8-7-9-12(21)3;3-1(4)2(5)6/h12H,5-11H2,1-4H3,(H,20,22);(H,3,4)(H,5,6). The Kier molecular flexibility index (Phi) is 11.5. The first kappa shape index (κ1) is 28.0. The highest BCUT2D eigenvalue weighted by Gasteiger charge is 2.28. The molecule has 0 bridgehead atoms. The van der Waals surface area contributed by atoms with Gasteiger partial charge in [0.1, 0.15) is 9.88 Å². The molecule has 1 atom stereocenters. The maximum atomic E-state index is 12.6. The van der Waals surface area contributed by atoms with Gasteiger partial charge >= 0.3 is 23.9 Å². The van der Waals surface area contributed by atoms with E-state index >= 15 is 0 Å². The molecule has 2 heterocycles. The van der Waals surface area contributed by atoms with Gasteiger partial charge in [-0.15, -0.1) is 11.3 Å². The number of likely N-dealkylation sites (tertiary alicyclic amines) is 1. The van der Waals surface area contributed by atoms with Crippen LogP contribution in [0.5, 0.6) is 0 Å². The van der Waals surface area contributed by atoms with Crippen LogP contribution in [0.2, 0.25) is 0 Å². The summed E-state index contributed by atoms with van der Waals surface area (Å²) in [6.07, 6.45) is 3.34. The molecule has 1 aromatic rings. The summed E-state index contributed by atoms with van der Waals surface area (Å²) >= 11 is 1.05. The third-order valence-corrected chi connectivity index (χ3v) is 6.00. The molecule has 33 heavy (non-hydrogen) atoms. The van der Waals surface area contributed by atoms with Gasteiger partial charge in [0.15, 0.2) is 0 Å². The van der Waals surface area contributed by atoms with Crippen LogP contribution in [-0.4, -0.2) is 77.2 Å². The number of hydrogen-bond donors (Lipinski definition) is 3. The summed E-state index contributed by atoms with van der Waals surface area (Å²) in [6.45, 7) is 8.80. The Morgan fingerprint density at radius 2 is 1.61 bits per heavy atom. The normalized spacial score (nSPS) is 15.6. The van der Waals surface area contributed by atoms with E-state index in [1.54, 1.807) is 20.8 Å². The van der Waals surface area contributed by atoms with Crippen molar-refractivity contribution in [2.75, 3.05) is 31.6 Å². The lowest BCUT2D eigenvalue weighted by molar-refractivity contribution is -0.159. The molecule has 1 amide bonds. The molecule has 0 aromatic carbocycles. The van der Waals surface area contributed by atoms with Gasteiger partial charge < -0.3 is 25.0 Å². The lowest BCUT2D eigenvalue weighted by Crippen LogP contribution is -2.42. The molecule has 1 saturated heterocycles. The van der Waals surface area contributed by atoms with Crippen molar-refractivity contribution in [3.8, 4) is 0 Å². The Labute approximate surface area is 195 Å². The van der Waals surface area contributed by atoms with E-state index in [-0.39, 0.29) is 31.2 Å². The average molecular weight is 487 g/mol. The molecular weight excluding hydrogens is 456 g/mol. The molecule has 0 spiro atoms. The minimum atomic E-state index is -1.82. The van der Waals surface area contributed by atoms with E-state index in [1.807, 2.05) is 0 Å². The monoisotopic (exact) mass is 486 g/mol. The molecule has 2 rings (SSSR count). The maximum absolute atomic E-state index is 12.6. The molecule has 0 aliphatic carbocycles. The fraction of sp³-hybridized carbons (Fsp3) is 0.571. The first-order valence-corrected chi connectivity index (χ1v) is 11.3. The third kappa shape index (κ3) is 8.46.